The van der Waals surface area contributed by atoms with Gasteiger partial charge in [0, 0.05) is 11.0 Å². The second kappa shape index (κ2) is 6.08. The summed E-state index contributed by atoms with van der Waals surface area (Å²) in [5.74, 6) is 0.0127. The van der Waals surface area contributed by atoms with Crippen LogP contribution in [-0.2, 0) is 6.42 Å². The van der Waals surface area contributed by atoms with Gasteiger partial charge in [-0.3, -0.25) is 4.79 Å². The zero-order chi connectivity index (χ0) is 15.7. The van der Waals surface area contributed by atoms with E-state index in [4.69, 9.17) is 4.74 Å². The standard InChI is InChI=1S/C17H15BrFNO2/c1-22-15-6-2-4-11-5-3-9-20(16(11)15)17(21)13-10-12(19)7-8-14(13)18/h2,4,6-8,10H,3,5,9H2,1H3. The van der Waals surface area contributed by atoms with E-state index < -0.39 is 5.82 Å². The summed E-state index contributed by atoms with van der Waals surface area (Å²) in [6, 6.07) is 9.89. The normalized spacial score (nSPS) is 13.7. The average molecular weight is 364 g/mol. The molecule has 0 aliphatic carbocycles. The summed E-state index contributed by atoms with van der Waals surface area (Å²) in [6.45, 7) is 0.592. The SMILES string of the molecule is COc1cccc2c1N(C(=O)c1cc(F)ccc1Br)CCC2. The molecule has 0 saturated carbocycles. The molecule has 0 bridgehead atoms. The van der Waals surface area contributed by atoms with Crippen LogP contribution in [0.15, 0.2) is 40.9 Å². The maximum atomic E-state index is 13.5. The molecule has 0 N–H and O–H groups in total. The molecule has 0 radical (unpaired) electrons. The van der Waals surface area contributed by atoms with Crippen LogP contribution >= 0.6 is 15.9 Å². The largest absolute Gasteiger partial charge is 0.495 e. The van der Waals surface area contributed by atoms with Crippen molar-refractivity contribution in [1.29, 1.82) is 0 Å². The van der Waals surface area contributed by atoms with Gasteiger partial charge in [-0.1, -0.05) is 12.1 Å². The van der Waals surface area contributed by atoms with E-state index in [-0.39, 0.29) is 5.91 Å². The van der Waals surface area contributed by atoms with E-state index in [1.165, 1.54) is 12.1 Å². The summed E-state index contributed by atoms with van der Waals surface area (Å²) in [7, 11) is 1.59. The highest BCUT2D eigenvalue weighted by Gasteiger charge is 2.27. The van der Waals surface area contributed by atoms with Gasteiger partial charge in [0.1, 0.15) is 11.6 Å². The predicted molar refractivity (Wildman–Crippen MR) is 87.1 cm³/mol. The van der Waals surface area contributed by atoms with Crippen LogP contribution in [0.4, 0.5) is 10.1 Å². The number of ether oxygens (including phenoxy) is 1. The van der Waals surface area contributed by atoms with Crippen LogP contribution in [0.1, 0.15) is 22.3 Å². The highest BCUT2D eigenvalue weighted by Crippen LogP contribution is 2.37. The lowest BCUT2D eigenvalue weighted by Gasteiger charge is -2.31. The topological polar surface area (TPSA) is 29.5 Å². The van der Waals surface area contributed by atoms with Gasteiger partial charge in [0.2, 0.25) is 0 Å². The number of rotatable bonds is 2. The summed E-state index contributed by atoms with van der Waals surface area (Å²) in [4.78, 5) is 14.6. The molecule has 114 valence electrons. The Morgan fingerprint density at radius 1 is 1.32 bits per heavy atom. The lowest BCUT2D eigenvalue weighted by atomic mass is 10.00. The van der Waals surface area contributed by atoms with E-state index in [0.717, 1.165) is 24.1 Å². The highest BCUT2D eigenvalue weighted by atomic mass is 79.9. The van der Waals surface area contributed by atoms with Gasteiger partial charge in [-0.05, 0) is 58.6 Å². The Morgan fingerprint density at radius 2 is 2.14 bits per heavy atom. The molecule has 0 unspecified atom stereocenters. The van der Waals surface area contributed by atoms with E-state index in [1.807, 2.05) is 18.2 Å². The first-order valence-corrected chi connectivity index (χ1v) is 7.84. The number of hydrogen-bond acceptors (Lipinski definition) is 2. The van der Waals surface area contributed by atoms with Crippen LogP contribution < -0.4 is 9.64 Å². The average Bonchev–Trinajstić information content (AvgIpc) is 2.55. The molecule has 1 aliphatic heterocycles. The third-order valence-electron chi connectivity index (χ3n) is 3.80. The van der Waals surface area contributed by atoms with Crippen molar-refractivity contribution in [3.8, 4) is 5.75 Å². The van der Waals surface area contributed by atoms with Crippen LogP contribution in [0, 0.1) is 5.82 Å². The number of carbonyl (C=O) groups is 1. The van der Waals surface area contributed by atoms with Crippen LogP contribution in [0.3, 0.4) is 0 Å². The summed E-state index contributed by atoms with van der Waals surface area (Å²) in [5, 5.41) is 0. The van der Waals surface area contributed by atoms with Crippen LogP contribution in [0.25, 0.3) is 0 Å². The molecule has 0 fully saturated rings. The molecule has 2 aromatic rings. The number of methoxy groups -OCH3 is 1. The number of fused-ring (bicyclic) bond motifs is 1. The van der Waals surface area contributed by atoms with Crippen molar-refractivity contribution in [2.75, 3.05) is 18.6 Å². The number of halogens is 2. The Labute approximate surface area is 136 Å². The smallest absolute Gasteiger partial charge is 0.259 e. The molecule has 3 nitrogen and oxygen atoms in total. The zero-order valence-electron chi connectivity index (χ0n) is 12.1. The van der Waals surface area contributed by atoms with E-state index in [0.29, 0.717) is 22.3 Å². The minimum absolute atomic E-state index is 0.225. The highest BCUT2D eigenvalue weighted by molar-refractivity contribution is 9.10. The van der Waals surface area contributed by atoms with Gasteiger partial charge in [0.15, 0.2) is 0 Å². The number of carbonyl (C=O) groups excluding carboxylic acids is 1. The maximum absolute atomic E-state index is 13.5. The number of amides is 1. The molecule has 0 aromatic heterocycles. The van der Waals surface area contributed by atoms with Gasteiger partial charge in [0.05, 0.1) is 18.4 Å². The van der Waals surface area contributed by atoms with Crippen molar-refractivity contribution in [2.24, 2.45) is 0 Å². The number of hydrogen-bond donors (Lipinski definition) is 0. The molecular weight excluding hydrogens is 349 g/mol. The fourth-order valence-electron chi connectivity index (χ4n) is 2.79. The fraction of sp³-hybridized carbons (Fsp3) is 0.235. The lowest BCUT2D eigenvalue weighted by molar-refractivity contribution is 0.0983. The molecule has 0 saturated heterocycles. The van der Waals surface area contributed by atoms with Crippen molar-refractivity contribution >= 4 is 27.5 Å². The predicted octanol–water partition coefficient (Wildman–Crippen LogP) is 4.19. The Hall–Kier alpha value is -1.88. The fourth-order valence-corrected chi connectivity index (χ4v) is 3.21. The third-order valence-corrected chi connectivity index (χ3v) is 4.50. The maximum Gasteiger partial charge on any atom is 0.259 e. The summed E-state index contributed by atoms with van der Waals surface area (Å²) < 4.78 is 19.5. The molecule has 1 aliphatic rings. The molecule has 0 atom stereocenters. The minimum Gasteiger partial charge on any atom is -0.495 e. The molecule has 5 heteroatoms. The number of nitrogens with zero attached hydrogens (tertiary/aromatic N) is 1. The Bertz CT molecular complexity index is 718. The summed E-state index contributed by atoms with van der Waals surface area (Å²) >= 11 is 3.33. The Balaban J connectivity index is 2.07. The van der Waals surface area contributed by atoms with Crippen LogP contribution in [-0.4, -0.2) is 19.6 Å². The molecular formula is C17H15BrFNO2. The minimum atomic E-state index is -0.427. The van der Waals surface area contributed by atoms with Gasteiger partial charge in [-0.25, -0.2) is 4.39 Å². The van der Waals surface area contributed by atoms with Gasteiger partial charge < -0.3 is 9.64 Å². The molecule has 3 rings (SSSR count). The molecule has 0 spiro atoms. The first kappa shape index (κ1) is 15.0. The second-order valence-corrected chi connectivity index (χ2v) is 6.01. The first-order chi connectivity index (χ1) is 10.6. The van der Waals surface area contributed by atoms with Crippen molar-refractivity contribution in [1.82, 2.24) is 0 Å². The second-order valence-electron chi connectivity index (χ2n) is 5.15. The van der Waals surface area contributed by atoms with Crippen molar-refractivity contribution in [2.45, 2.75) is 12.8 Å². The third kappa shape index (κ3) is 2.61. The van der Waals surface area contributed by atoms with Gasteiger partial charge in [0.25, 0.3) is 5.91 Å². The Kier molecular flexibility index (Phi) is 4.16. The number of aryl methyl sites for hydroxylation is 1. The van der Waals surface area contributed by atoms with Gasteiger partial charge in [-0.2, -0.15) is 0 Å². The van der Waals surface area contributed by atoms with Crippen molar-refractivity contribution in [3.05, 3.63) is 57.8 Å². The number of para-hydroxylation sites is 1. The van der Waals surface area contributed by atoms with E-state index in [9.17, 15) is 9.18 Å². The summed E-state index contributed by atoms with van der Waals surface area (Å²) in [6.07, 6.45) is 1.78. The zero-order valence-corrected chi connectivity index (χ0v) is 13.7. The van der Waals surface area contributed by atoms with Gasteiger partial charge >= 0.3 is 0 Å². The first-order valence-electron chi connectivity index (χ1n) is 7.04. The molecule has 1 amide bonds. The van der Waals surface area contributed by atoms with Crippen molar-refractivity contribution in [3.63, 3.8) is 0 Å². The molecule has 22 heavy (non-hydrogen) atoms. The molecule has 2 aromatic carbocycles. The molecule has 1 heterocycles. The van der Waals surface area contributed by atoms with Gasteiger partial charge in [-0.15, -0.1) is 0 Å². The monoisotopic (exact) mass is 363 g/mol. The Morgan fingerprint density at radius 3 is 2.91 bits per heavy atom. The summed E-state index contributed by atoms with van der Waals surface area (Å²) in [5.41, 5.74) is 2.18. The number of benzene rings is 2. The number of anilines is 1. The van der Waals surface area contributed by atoms with Crippen LogP contribution in [0.5, 0.6) is 5.75 Å². The lowest BCUT2D eigenvalue weighted by Crippen LogP contribution is -2.36. The van der Waals surface area contributed by atoms with E-state index in [2.05, 4.69) is 15.9 Å². The quantitative estimate of drug-likeness (QED) is 0.800. The van der Waals surface area contributed by atoms with E-state index >= 15 is 0 Å². The van der Waals surface area contributed by atoms with Crippen LogP contribution in [0.2, 0.25) is 0 Å². The van der Waals surface area contributed by atoms with Crippen molar-refractivity contribution < 1.29 is 13.9 Å². The van der Waals surface area contributed by atoms with E-state index in [1.54, 1.807) is 18.1 Å².